The third-order valence-corrected chi connectivity index (χ3v) is 3.53. The van der Waals surface area contributed by atoms with Gasteiger partial charge >= 0.3 is 0 Å². The summed E-state index contributed by atoms with van der Waals surface area (Å²) in [5.74, 6) is -1.97. The van der Waals surface area contributed by atoms with Gasteiger partial charge in [0.2, 0.25) is 0 Å². The van der Waals surface area contributed by atoms with Crippen LogP contribution in [0, 0.1) is 11.6 Å². The van der Waals surface area contributed by atoms with Crippen molar-refractivity contribution in [3.8, 4) is 5.75 Å². The van der Waals surface area contributed by atoms with Gasteiger partial charge in [-0.2, -0.15) is 0 Å². The largest absolute Gasteiger partial charge is 0.481 e. The van der Waals surface area contributed by atoms with Crippen LogP contribution in [0.1, 0.15) is 5.56 Å². The van der Waals surface area contributed by atoms with Crippen LogP contribution in [-0.2, 0) is 11.3 Å². The van der Waals surface area contributed by atoms with E-state index in [9.17, 15) is 13.6 Å². The van der Waals surface area contributed by atoms with Crippen molar-refractivity contribution in [1.29, 1.82) is 0 Å². The molecule has 0 unspecified atom stereocenters. The van der Waals surface area contributed by atoms with E-state index in [2.05, 4.69) is 15.9 Å². The highest BCUT2D eigenvalue weighted by atomic mass is 79.9. The van der Waals surface area contributed by atoms with Gasteiger partial charge in [0.05, 0.1) is 0 Å². The first-order chi connectivity index (χ1) is 10.5. The maximum atomic E-state index is 13.4. The zero-order chi connectivity index (χ0) is 16.1. The lowest BCUT2D eigenvalue weighted by molar-refractivity contribution is -0.132. The fourth-order valence-electron chi connectivity index (χ4n) is 1.79. The molecule has 0 atom stereocenters. The second kappa shape index (κ2) is 7.35. The van der Waals surface area contributed by atoms with E-state index in [1.165, 1.54) is 4.90 Å². The van der Waals surface area contributed by atoms with E-state index < -0.39 is 11.6 Å². The molecule has 2 aromatic carbocycles. The summed E-state index contributed by atoms with van der Waals surface area (Å²) in [5, 5.41) is 0. The Morgan fingerprint density at radius 2 is 1.86 bits per heavy atom. The molecule has 0 N–H and O–H groups in total. The smallest absolute Gasteiger partial charge is 0.260 e. The minimum atomic E-state index is -0.830. The molecule has 0 aliphatic heterocycles. The Labute approximate surface area is 135 Å². The molecule has 0 radical (unpaired) electrons. The van der Waals surface area contributed by atoms with Crippen molar-refractivity contribution < 1.29 is 18.3 Å². The summed E-state index contributed by atoms with van der Waals surface area (Å²) in [7, 11) is 1.63. The maximum absolute atomic E-state index is 13.4. The molecule has 0 heterocycles. The van der Waals surface area contributed by atoms with E-state index in [1.54, 1.807) is 7.05 Å². The highest BCUT2D eigenvalue weighted by Crippen LogP contribution is 2.17. The van der Waals surface area contributed by atoms with Gasteiger partial charge in [-0.1, -0.05) is 28.1 Å². The number of hydrogen-bond acceptors (Lipinski definition) is 2. The summed E-state index contributed by atoms with van der Waals surface area (Å²) in [6.45, 7) is 0.108. The molecule has 0 aliphatic carbocycles. The Kier molecular flexibility index (Phi) is 5.49. The van der Waals surface area contributed by atoms with Crippen LogP contribution < -0.4 is 4.74 Å². The number of hydrogen-bond donors (Lipinski definition) is 0. The van der Waals surface area contributed by atoms with Gasteiger partial charge < -0.3 is 9.64 Å². The van der Waals surface area contributed by atoms with E-state index in [4.69, 9.17) is 4.74 Å². The lowest BCUT2D eigenvalue weighted by Crippen LogP contribution is -2.31. The Morgan fingerprint density at radius 3 is 2.50 bits per heavy atom. The van der Waals surface area contributed by atoms with Gasteiger partial charge in [-0.3, -0.25) is 4.79 Å². The molecule has 0 saturated heterocycles. The van der Waals surface area contributed by atoms with Gasteiger partial charge in [-0.15, -0.1) is 0 Å². The molecule has 0 saturated carbocycles. The number of rotatable bonds is 5. The minimum Gasteiger partial charge on any atom is -0.481 e. The number of amides is 1. The lowest BCUT2D eigenvalue weighted by Gasteiger charge is -2.17. The maximum Gasteiger partial charge on any atom is 0.260 e. The minimum absolute atomic E-state index is 0.146. The molecule has 3 nitrogen and oxygen atoms in total. The first kappa shape index (κ1) is 16.4. The monoisotopic (exact) mass is 369 g/mol. The molecule has 0 bridgehead atoms. The van der Waals surface area contributed by atoms with E-state index in [-0.39, 0.29) is 18.3 Å². The molecule has 2 rings (SSSR count). The van der Waals surface area contributed by atoms with Crippen molar-refractivity contribution in [2.24, 2.45) is 0 Å². The molecular weight excluding hydrogens is 356 g/mol. The van der Waals surface area contributed by atoms with Crippen molar-refractivity contribution in [3.63, 3.8) is 0 Å². The van der Waals surface area contributed by atoms with E-state index in [0.29, 0.717) is 12.6 Å². The standard InChI is InChI=1S/C16H14BrF2NO2/c1-20(9-11-2-4-12(17)5-3-11)16(21)10-22-15-7-6-13(18)8-14(15)19/h2-8H,9-10H2,1H3. The number of benzene rings is 2. The number of ether oxygens (including phenoxy) is 1. The summed E-state index contributed by atoms with van der Waals surface area (Å²) >= 11 is 3.34. The number of carbonyl (C=O) groups excluding carboxylic acids is 1. The Morgan fingerprint density at radius 1 is 1.18 bits per heavy atom. The Hall–Kier alpha value is -1.95. The van der Waals surface area contributed by atoms with Gasteiger partial charge in [0, 0.05) is 24.1 Å². The average molecular weight is 370 g/mol. The molecule has 0 aromatic heterocycles. The van der Waals surface area contributed by atoms with Crippen LogP contribution in [0.4, 0.5) is 8.78 Å². The lowest BCUT2D eigenvalue weighted by atomic mass is 10.2. The average Bonchev–Trinajstić information content (AvgIpc) is 2.48. The molecule has 6 heteroatoms. The molecule has 0 fully saturated rings. The molecule has 22 heavy (non-hydrogen) atoms. The summed E-state index contributed by atoms with van der Waals surface area (Å²) < 4.78 is 32.2. The van der Waals surface area contributed by atoms with Crippen LogP contribution in [0.2, 0.25) is 0 Å². The van der Waals surface area contributed by atoms with E-state index in [1.807, 2.05) is 24.3 Å². The van der Waals surface area contributed by atoms with Gasteiger partial charge in [-0.05, 0) is 29.8 Å². The molecule has 1 amide bonds. The van der Waals surface area contributed by atoms with Crippen LogP contribution >= 0.6 is 15.9 Å². The molecule has 116 valence electrons. The van der Waals surface area contributed by atoms with Crippen LogP contribution in [0.15, 0.2) is 46.9 Å². The van der Waals surface area contributed by atoms with Crippen LogP contribution in [0.3, 0.4) is 0 Å². The van der Waals surface area contributed by atoms with Gasteiger partial charge in [0.25, 0.3) is 5.91 Å². The predicted molar refractivity (Wildman–Crippen MR) is 82.5 cm³/mol. The number of likely N-dealkylation sites (N-methyl/N-ethyl adjacent to an activating group) is 1. The van der Waals surface area contributed by atoms with Crippen LogP contribution in [-0.4, -0.2) is 24.5 Å². The van der Waals surface area contributed by atoms with Crippen LogP contribution in [0.5, 0.6) is 5.75 Å². The zero-order valence-corrected chi connectivity index (χ0v) is 13.4. The fourth-order valence-corrected chi connectivity index (χ4v) is 2.06. The highest BCUT2D eigenvalue weighted by Gasteiger charge is 2.12. The van der Waals surface area contributed by atoms with Crippen molar-refractivity contribution in [3.05, 3.63) is 64.1 Å². The number of carbonyl (C=O) groups is 1. The second-order valence-electron chi connectivity index (χ2n) is 4.74. The summed E-state index contributed by atoms with van der Waals surface area (Å²) in [4.78, 5) is 13.4. The SMILES string of the molecule is CN(Cc1ccc(Br)cc1)C(=O)COc1ccc(F)cc1F. The first-order valence-electron chi connectivity index (χ1n) is 6.52. The molecule has 2 aromatic rings. The van der Waals surface area contributed by atoms with Gasteiger partial charge in [-0.25, -0.2) is 8.78 Å². The first-order valence-corrected chi connectivity index (χ1v) is 7.31. The second-order valence-corrected chi connectivity index (χ2v) is 5.66. The normalized spacial score (nSPS) is 10.4. The third kappa shape index (κ3) is 4.53. The van der Waals surface area contributed by atoms with Crippen molar-refractivity contribution in [2.75, 3.05) is 13.7 Å². The molecule has 0 aliphatic rings. The predicted octanol–water partition coefficient (Wildman–Crippen LogP) is 3.76. The van der Waals surface area contributed by atoms with Crippen LogP contribution in [0.25, 0.3) is 0 Å². The van der Waals surface area contributed by atoms with Crippen molar-refractivity contribution >= 4 is 21.8 Å². The Balaban J connectivity index is 1.89. The zero-order valence-electron chi connectivity index (χ0n) is 11.9. The van der Waals surface area contributed by atoms with Gasteiger partial charge in [0.15, 0.2) is 18.2 Å². The molecule has 0 spiro atoms. The summed E-state index contributed by atoms with van der Waals surface area (Å²) in [6, 6.07) is 10.5. The Bertz CT molecular complexity index is 662. The van der Waals surface area contributed by atoms with Gasteiger partial charge in [0.1, 0.15) is 5.82 Å². The number of halogens is 3. The fraction of sp³-hybridized carbons (Fsp3) is 0.188. The summed E-state index contributed by atoms with van der Waals surface area (Å²) in [6.07, 6.45) is 0. The van der Waals surface area contributed by atoms with E-state index >= 15 is 0 Å². The number of nitrogens with zero attached hydrogens (tertiary/aromatic N) is 1. The highest BCUT2D eigenvalue weighted by molar-refractivity contribution is 9.10. The van der Waals surface area contributed by atoms with Crippen molar-refractivity contribution in [2.45, 2.75) is 6.54 Å². The summed E-state index contributed by atoms with van der Waals surface area (Å²) in [5.41, 5.74) is 0.965. The third-order valence-electron chi connectivity index (χ3n) is 3.00. The van der Waals surface area contributed by atoms with E-state index in [0.717, 1.165) is 22.2 Å². The van der Waals surface area contributed by atoms with Crippen molar-refractivity contribution in [1.82, 2.24) is 4.90 Å². The quantitative estimate of drug-likeness (QED) is 0.802. The topological polar surface area (TPSA) is 29.5 Å². The molecular formula is C16H14BrF2NO2.